The molecule has 0 amide bonds. The molecule has 0 saturated carbocycles. The predicted molar refractivity (Wildman–Crippen MR) is 369 cm³/mol. The lowest BCUT2D eigenvalue weighted by Crippen LogP contribution is -2.28. The van der Waals surface area contributed by atoms with E-state index < -0.39 is 5.41 Å². The van der Waals surface area contributed by atoms with Crippen LogP contribution in [0.1, 0.15) is 74.9 Å². The summed E-state index contributed by atoms with van der Waals surface area (Å²) >= 11 is 0. The Kier molecular flexibility index (Phi) is 12.9. The molecule has 0 fully saturated rings. The third kappa shape index (κ3) is 8.93. The molecule has 0 bridgehead atoms. The van der Waals surface area contributed by atoms with E-state index in [0.29, 0.717) is 0 Å². The van der Waals surface area contributed by atoms with Crippen molar-refractivity contribution in [1.82, 2.24) is 4.57 Å². The molecule has 0 unspecified atom stereocenters. The van der Waals surface area contributed by atoms with Gasteiger partial charge < -0.3 is 9.47 Å². The average molecular weight is 1120 g/mol. The first-order valence-corrected chi connectivity index (χ1v) is 30.7. The summed E-state index contributed by atoms with van der Waals surface area (Å²) in [6, 6.07) is 114. The van der Waals surface area contributed by atoms with Crippen LogP contribution in [0.2, 0.25) is 0 Å². The van der Waals surface area contributed by atoms with E-state index >= 15 is 0 Å². The van der Waals surface area contributed by atoms with Crippen LogP contribution in [0.25, 0.3) is 93.9 Å². The summed E-state index contributed by atoms with van der Waals surface area (Å²) in [5.41, 5.74) is 25.7. The third-order valence-corrected chi connectivity index (χ3v) is 18.4. The minimum absolute atomic E-state index is 0.0456. The number of hydrogen-bond donors (Lipinski definition) is 0. The first kappa shape index (κ1) is 53.4. The molecule has 0 atom stereocenters. The molecule has 0 spiro atoms. The molecule has 0 radical (unpaired) electrons. The SMILES string of the molecule is CC(C)(C)c1cc(-c2cccc3cccc(-c4ccccc4N(c4cccc(-c5ccc6c7ccccc7n(-c7ccccc7)c6c5)c4)c4ccccc4-c4cccc5c4-c4ccccc4C5(c4ccccc4)c4ccccc4)c23)cc(C(C)(C)C)c1. The zero-order valence-corrected chi connectivity index (χ0v) is 50.3. The van der Waals surface area contributed by atoms with E-state index in [-0.39, 0.29) is 10.8 Å². The Balaban J connectivity index is 0.988. The van der Waals surface area contributed by atoms with E-state index in [0.717, 1.165) is 45.0 Å². The average Bonchev–Trinajstić information content (AvgIpc) is 1.57. The standard InChI is InChI=1S/C85H68N2/c1-83(2,3)63-52-60(53-64(56-63)84(4,5)6)67-42-25-28-57-29-26-43-72(81(57)67)69-39-18-22-48-78(69)87(66-37-24-30-58(54-66)59-50-51-71-68-38-17-21-47-77(68)86(80(71)55-59)65-35-14-9-15-36-65)79-49-23-19-40-70(79)73-44-27-46-76-82(73)74-41-16-20-45-75(74)85(76,61-31-10-7-11-32-61)62-33-12-8-13-34-62/h7-56H,1-6H3. The number of benzene rings is 13. The van der Waals surface area contributed by atoms with Crippen molar-refractivity contribution in [1.29, 1.82) is 0 Å². The fourth-order valence-corrected chi connectivity index (χ4v) is 14.2. The van der Waals surface area contributed by atoms with Gasteiger partial charge in [0.2, 0.25) is 0 Å². The number of hydrogen-bond acceptors (Lipinski definition) is 1. The highest BCUT2D eigenvalue weighted by molar-refractivity contribution is 6.12. The van der Waals surface area contributed by atoms with Crippen LogP contribution < -0.4 is 4.90 Å². The summed E-state index contributed by atoms with van der Waals surface area (Å²) in [5, 5.41) is 4.91. The highest BCUT2D eigenvalue weighted by Crippen LogP contribution is 2.59. The normalized spacial score (nSPS) is 12.8. The summed E-state index contributed by atoms with van der Waals surface area (Å²) in [5.74, 6) is 0. The van der Waals surface area contributed by atoms with Crippen molar-refractivity contribution >= 4 is 49.6 Å². The van der Waals surface area contributed by atoms with Gasteiger partial charge in [-0.05, 0) is 148 Å². The lowest BCUT2D eigenvalue weighted by atomic mass is 9.67. The van der Waals surface area contributed by atoms with E-state index in [1.54, 1.807) is 0 Å². The quantitative estimate of drug-likeness (QED) is 0.132. The van der Waals surface area contributed by atoms with E-state index in [1.807, 2.05) is 0 Å². The summed E-state index contributed by atoms with van der Waals surface area (Å²) in [7, 11) is 0. The van der Waals surface area contributed by atoms with Crippen LogP contribution in [0.5, 0.6) is 0 Å². The third-order valence-electron chi connectivity index (χ3n) is 18.4. The highest BCUT2D eigenvalue weighted by atomic mass is 15.1. The molecule has 1 aliphatic carbocycles. The van der Waals surface area contributed by atoms with Crippen LogP contribution in [0.3, 0.4) is 0 Å². The minimum atomic E-state index is -0.556. The molecule has 2 nitrogen and oxygen atoms in total. The molecule has 0 N–H and O–H groups in total. The van der Waals surface area contributed by atoms with Crippen LogP contribution in [-0.4, -0.2) is 4.57 Å². The molecule has 1 aromatic heterocycles. The van der Waals surface area contributed by atoms with Gasteiger partial charge in [0, 0.05) is 33.3 Å². The van der Waals surface area contributed by atoms with E-state index in [4.69, 9.17) is 0 Å². The van der Waals surface area contributed by atoms with Crippen LogP contribution in [0.15, 0.2) is 303 Å². The molecule has 13 aromatic carbocycles. The van der Waals surface area contributed by atoms with E-state index in [2.05, 4.69) is 354 Å². The first-order valence-electron chi connectivity index (χ1n) is 30.7. The first-order chi connectivity index (χ1) is 42.4. The van der Waals surface area contributed by atoms with E-state index in [1.165, 1.54) is 99.3 Å². The van der Waals surface area contributed by atoms with Crippen molar-refractivity contribution < 1.29 is 0 Å². The Bertz CT molecular complexity index is 4860. The van der Waals surface area contributed by atoms with Crippen LogP contribution >= 0.6 is 0 Å². The number of fused-ring (bicyclic) bond motifs is 7. The summed E-state index contributed by atoms with van der Waals surface area (Å²) in [6.45, 7) is 14.0. The Labute approximate surface area is 512 Å². The van der Waals surface area contributed by atoms with Gasteiger partial charge in [-0.2, -0.15) is 0 Å². The minimum Gasteiger partial charge on any atom is -0.309 e. The Morgan fingerprint density at radius 1 is 0.322 bits per heavy atom. The Morgan fingerprint density at radius 3 is 1.48 bits per heavy atom. The van der Waals surface area contributed by atoms with Gasteiger partial charge in [0.1, 0.15) is 0 Å². The molecular weight excluding hydrogens is 1050 g/mol. The molecule has 0 aliphatic heterocycles. The van der Waals surface area contributed by atoms with Gasteiger partial charge in [-0.1, -0.05) is 296 Å². The van der Waals surface area contributed by atoms with Crippen molar-refractivity contribution in [3.63, 3.8) is 0 Å². The molecular formula is C85H68N2. The number of anilines is 3. The van der Waals surface area contributed by atoms with Crippen molar-refractivity contribution in [2.24, 2.45) is 0 Å². The van der Waals surface area contributed by atoms with Gasteiger partial charge in [0.25, 0.3) is 0 Å². The Hall–Kier alpha value is -10.3. The second-order valence-corrected chi connectivity index (χ2v) is 25.6. The molecule has 15 rings (SSSR count). The van der Waals surface area contributed by atoms with Gasteiger partial charge in [-0.3, -0.25) is 0 Å². The van der Waals surface area contributed by atoms with Crippen molar-refractivity contribution in [2.75, 3.05) is 4.90 Å². The van der Waals surface area contributed by atoms with Gasteiger partial charge in [0.15, 0.2) is 0 Å². The zero-order chi connectivity index (χ0) is 59.0. The summed E-state index contributed by atoms with van der Waals surface area (Å²) < 4.78 is 2.42. The maximum absolute atomic E-state index is 2.55. The number of aromatic nitrogens is 1. The molecule has 14 aromatic rings. The topological polar surface area (TPSA) is 8.17 Å². The largest absolute Gasteiger partial charge is 0.309 e. The van der Waals surface area contributed by atoms with Gasteiger partial charge in [-0.25, -0.2) is 0 Å². The van der Waals surface area contributed by atoms with Crippen LogP contribution in [0.4, 0.5) is 17.1 Å². The maximum atomic E-state index is 2.55. The van der Waals surface area contributed by atoms with Gasteiger partial charge >= 0.3 is 0 Å². The lowest BCUT2D eigenvalue weighted by molar-refractivity contribution is 0.569. The molecule has 1 heterocycles. The molecule has 87 heavy (non-hydrogen) atoms. The van der Waals surface area contributed by atoms with Gasteiger partial charge in [0.05, 0.1) is 27.8 Å². The maximum Gasteiger partial charge on any atom is 0.0713 e. The Morgan fingerprint density at radius 2 is 0.816 bits per heavy atom. The van der Waals surface area contributed by atoms with Crippen LogP contribution in [0, 0.1) is 0 Å². The smallest absolute Gasteiger partial charge is 0.0713 e. The highest BCUT2D eigenvalue weighted by Gasteiger charge is 2.47. The summed E-state index contributed by atoms with van der Waals surface area (Å²) in [4.78, 5) is 2.55. The van der Waals surface area contributed by atoms with Crippen molar-refractivity contribution in [2.45, 2.75) is 57.8 Å². The fraction of sp³-hybridized carbons (Fsp3) is 0.106. The molecule has 2 heteroatoms. The molecule has 418 valence electrons. The fourth-order valence-electron chi connectivity index (χ4n) is 14.2. The van der Waals surface area contributed by atoms with Gasteiger partial charge in [-0.15, -0.1) is 0 Å². The number of nitrogens with zero attached hydrogens (tertiary/aromatic N) is 2. The van der Waals surface area contributed by atoms with E-state index in [9.17, 15) is 0 Å². The number of para-hydroxylation sites is 4. The van der Waals surface area contributed by atoms with Crippen molar-refractivity contribution in [3.8, 4) is 61.3 Å². The lowest BCUT2D eigenvalue weighted by Gasteiger charge is -2.34. The zero-order valence-electron chi connectivity index (χ0n) is 50.3. The predicted octanol–water partition coefficient (Wildman–Crippen LogP) is 23.0. The van der Waals surface area contributed by atoms with Crippen molar-refractivity contribution in [3.05, 3.63) is 337 Å². The second kappa shape index (κ2) is 21.0. The van der Waals surface area contributed by atoms with Crippen LogP contribution in [-0.2, 0) is 16.2 Å². The number of rotatable bonds is 10. The second-order valence-electron chi connectivity index (χ2n) is 25.6. The molecule has 0 saturated heterocycles. The molecule has 1 aliphatic rings. The monoisotopic (exact) mass is 1120 g/mol. The summed E-state index contributed by atoms with van der Waals surface area (Å²) in [6.07, 6.45) is 0.